The average molecular weight is 362 g/mol. The molecule has 0 unspecified atom stereocenters. The van der Waals surface area contributed by atoms with E-state index in [-0.39, 0.29) is 18.5 Å². The fraction of sp³-hybridized carbons (Fsp3) is 0.222. The maximum absolute atomic E-state index is 12.3. The normalized spacial score (nSPS) is 11.2. The second kappa shape index (κ2) is 6.83. The third kappa shape index (κ3) is 3.40. The first-order chi connectivity index (χ1) is 11.5. The molecule has 1 amide bonds. The fourth-order valence-corrected chi connectivity index (χ4v) is 3.12. The molecule has 0 aliphatic carbocycles. The largest absolute Gasteiger partial charge is 0.352 e. The molecule has 1 N–H and O–H groups in total. The van der Waals surface area contributed by atoms with Crippen molar-refractivity contribution in [2.45, 2.75) is 26.4 Å². The van der Waals surface area contributed by atoms with Crippen LogP contribution in [0.4, 0.5) is 0 Å². The first kappa shape index (κ1) is 16.8. The Morgan fingerprint density at radius 3 is 2.67 bits per heavy atom. The summed E-state index contributed by atoms with van der Waals surface area (Å²) in [7, 11) is 0. The van der Waals surface area contributed by atoms with Crippen LogP contribution in [0.1, 0.15) is 13.8 Å². The summed E-state index contributed by atoms with van der Waals surface area (Å²) in [6.07, 6.45) is 0. The van der Waals surface area contributed by atoms with Crippen LogP contribution in [0.2, 0.25) is 10.0 Å². The highest BCUT2D eigenvalue weighted by Gasteiger charge is 2.17. The number of para-hydroxylation sites is 2. The number of nitrogens with zero attached hydrogens (tertiary/aromatic N) is 2. The van der Waals surface area contributed by atoms with E-state index in [0.29, 0.717) is 15.9 Å². The molecular formula is C18H17Cl2N3O. The zero-order valence-corrected chi connectivity index (χ0v) is 14.9. The maximum atomic E-state index is 12.3. The molecule has 24 heavy (non-hydrogen) atoms. The zero-order chi connectivity index (χ0) is 17.3. The van der Waals surface area contributed by atoms with Crippen molar-refractivity contribution in [3.63, 3.8) is 0 Å². The van der Waals surface area contributed by atoms with E-state index < -0.39 is 0 Å². The summed E-state index contributed by atoms with van der Waals surface area (Å²) in [4.78, 5) is 16.9. The molecule has 0 bridgehead atoms. The van der Waals surface area contributed by atoms with Gasteiger partial charge in [-0.1, -0.05) is 35.3 Å². The highest BCUT2D eigenvalue weighted by atomic mass is 35.5. The number of benzene rings is 2. The predicted octanol–water partition coefficient (Wildman–Crippen LogP) is 4.53. The standard InChI is InChI=1S/C18H17Cl2N3O/c1-11(2)21-17(24)10-23-16-6-4-3-5-15(16)22-18(23)13-8-7-12(19)9-14(13)20/h3-9,11H,10H2,1-2H3,(H,21,24). The molecule has 0 saturated heterocycles. The Kier molecular flexibility index (Phi) is 4.78. The van der Waals surface area contributed by atoms with E-state index in [1.165, 1.54) is 0 Å². The van der Waals surface area contributed by atoms with E-state index in [1.54, 1.807) is 12.1 Å². The van der Waals surface area contributed by atoms with Crippen molar-refractivity contribution in [3.05, 3.63) is 52.5 Å². The maximum Gasteiger partial charge on any atom is 0.240 e. The van der Waals surface area contributed by atoms with Crippen molar-refractivity contribution < 1.29 is 4.79 Å². The minimum Gasteiger partial charge on any atom is -0.352 e. The Morgan fingerprint density at radius 2 is 1.96 bits per heavy atom. The van der Waals surface area contributed by atoms with Crippen molar-refractivity contribution >= 4 is 40.1 Å². The highest BCUT2D eigenvalue weighted by Crippen LogP contribution is 2.32. The summed E-state index contributed by atoms with van der Waals surface area (Å²) < 4.78 is 1.88. The molecule has 124 valence electrons. The lowest BCUT2D eigenvalue weighted by molar-refractivity contribution is -0.122. The zero-order valence-electron chi connectivity index (χ0n) is 13.4. The number of halogens is 2. The molecule has 2 aromatic carbocycles. The van der Waals surface area contributed by atoms with E-state index in [1.807, 2.05) is 48.7 Å². The lowest BCUT2D eigenvalue weighted by atomic mass is 10.2. The summed E-state index contributed by atoms with van der Waals surface area (Å²) in [5.41, 5.74) is 2.45. The molecular weight excluding hydrogens is 345 g/mol. The molecule has 0 radical (unpaired) electrons. The number of fused-ring (bicyclic) bond motifs is 1. The second-order valence-corrected chi connectivity index (χ2v) is 6.70. The number of aromatic nitrogens is 2. The molecule has 0 fully saturated rings. The summed E-state index contributed by atoms with van der Waals surface area (Å²) in [5, 5.41) is 3.97. The Labute approximate surface area is 150 Å². The van der Waals surface area contributed by atoms with Gasteiger partial charge in [0.05, 0.1) is 16.1 Å². The third-order valence-corrected chi connectivity index (χ3v) is 4.13. The second-order valence-electron chi connectivity index (χ2n) is 5.86. The van der Waals surface area contributed by atoms with Gasteiger partial charge in [-0.2, -0.15) is 0 Å². The molecule has 0 aliphatic heterocycles. The van der Waals surface area contributed by atoms with Crippen molar-refractivity contribution in [2.24, 2.45) is 0 Å². The Balaban J connectivity index is 2.13. The molecule has 0 atom stereocenters. The van der Waals surface area contributed by atoms with E-state index >= 15 is 0 Å². The SMILES string of the molecule is CC(C)NC(=O)Cn1c(-c2ccc(Cl)cc2Cl)nc2ccccc21. The minimum atomic E-state index is -0.0699. The first-order valence-electron chi connectivity index (χ1n) is 7.66. The van der Waals surface area contributed by atoms with Gasteiger partial charge in [0, 0.05) is 16.6 Å². The van der Waals surface area contributed by atoms with Gasteiger partial charge in [0.2, 0.25) is 5.91 Å². The average Bonchev–Trinajstić information content (AvgIpc) is 2.85. The van der Waals surface area contributed by atoms with E-state index in [2.05, 4.69) is 10.3 Å². The van der Waals surface area contributed by atoms with Crippen molar-refractivity contribution in [2.75, 3.05) is 0 Å². The monoisotopic (exact) mass is 361 g/mol. The van der Waals surface area contributed by atoms with Gasteiger partial charge < -0.3 is 9.88 Å². The van der Waals surface area contributed by atoms with Gasteiger partial charge in [-0.3, -0.25) is 4.79 Å². The molecule has 1 heterocycles. The van der Waals surface area contributed by atoms with Gasteiger partial charge in [-0.15, -0.1) is 0 Å². The Hall–Kier alpha value is -2.04. The lowest BCUT2D eigenvalue weighted by Crippen LogP contribution is -2.33. The number of carbonyl (C=O) groups excluding carboxylic acids is 1. The molecule has 6 heteroatoms. The molecule has 4 nitrogen and oxygen atoms in total. The number of imidazole rings is 1. The number of hydrogen-bond acceptors (Lipinski definition) is 2. The quantitative estimate of drug-likeness (QED) is 0.741. The van der Waals surface area contributed by atoms with Crippen LogP contribution in [-0.4, -0.2) is 21.5 Å². The van der Waals surface area contributed by atoms with E-state index in [4.69, 9.17) is 23.2 Å². The number of amides is 1. The van der Waals surface area contributed by atoms with Gasteiger partial charge >= 0.3 is 0 Å². The summed E-state index contributed by atoms with van der Waals surface area (Å²) >= 11 is 12.3. The number of rotatable bonds is 4. The van der Waals surface area contributed by atoms with Crippen LogP contribution in [-0.2, 0) is 11.3 Å². The number of hydrogen-bond donors (Lipinski definition) is 1. The van der Waals surface area contributed by atoms with Crippen LogP contribution in [0.25, 0.3) is 22.4 Å². The third-order valence-electron chi connectivity index (χ3n) is 3.58. The van der Waals surface area contributed by atoms with Gasteiger partial charge in [0.25, 0.3) is 0 Å². The summed E-state index contributed by atoms with van der Waals surface area (Å²) in [5.74, 6) is 0.580. The van der Waals surface area contributed by atoms with E-state index in [0.717, 1.165) is 16.6 Å². The van der Waals surface area contributed by atoms with Gasteiger partial charge in [-0.25, -0.2) is 4.98 Å². The van der Waals surface area contributed by atoms with Crippen molar-refractivity contribution in [3.8, 4) is 11.4 Å². The van der Waals surface area contributed by atoms with Gasteiger partial charge in [0.1, 0.15) is 12.4 Å². The highest BCUT2D eigenvalue weighted by molar-refractivity contribution is 6.36. The summed E-state index contributed by atoms with van der Waals surface area (Å²) in [6.45, 7) is 4.04. The lowest BCUT2D eigenvalue weighted by Gasteiger charge is -2.12. The number of carbonyl (C=O) groups is 1. The topological polar surface area (TPSA) is 46.9 Å². The smallest absolute Gasteiger partial charge is 0.240 e. The minimum absolute atomic E-state index is 0.0699. The summed E-state index contributed by atoms with van der Waals surface area (Å²) in [6, 6.07) is 13.0. The van der Waals surface area contributed by atoms with Gasteiger partial charge in [0.15, 0.2) is 0 Å². The molecule has 1 aromatic heterocycles. The van der Waals surface area contributed by atoms with Crippen molar-refractivity contribution in [1.29, 1.82) is 0 Å². The Bertz CT molecular complexity index is 902. The fourth-order valence-electron chi connectivity index (χ4n) is 2.62. The van der Waals surface area contributed by atoms with Crippen LogP contribution in [0.3, 0.4) is 0 Å². The molecule has 0 spiro atoms. The van der Waals surface area contributed by atoms with Crippen LogP contribution in [0.5, 0.6) is 0 Å². The van der Waals surface area contributed by atoms with Gasteiger partial charge in [-0.05, 0) is 44.2 Å². The first-order valence-corrected chi connectivity index (χ1v) is 8.41. The predicted molar refractivity (Wildman–Crippen MR) is 98.5 cm³/mol. The van der Waals surface area contributed by atoms with Crippen molar-refractivity contribution in [1.82, 2.24) is 14.9 Å². The van der Waals surface area contributed by atoms with Crippen LogP contribution >= 0.6 is 23.2 Å². The van der Waals surface area contributed by atoms with Crippen LogP contribution in [0, 0.1) is 0 Å². The molecule has 0 saturated carbocycles. The molecule has 3 rings (SSSR count). The van der Waals surface area contributed by atoms with E-state index in [9.17, 15) is 4.79 Å². The Morgan fingerprint density at radius 1 is 1.21 bits per heavy atom. The number of nitrogens with one attached hydrogen (secondary N) is 1. The van der Waals surface area contributed by atoms with Crippen LogP contribution < -0.4 is 5.32 Å². The molecule has 0 aliphatic rings. The van der Waals surface area contributed by atoms with Crippen LogP contribution in [0.15, 0.2) is 42.5 Å². The molecule has 3 aromatic rings.